The topological polar surface area (TPSA) is 59.1 Å². The van der Waals surface area contributed by atoms with E-state index in [4.69, 9.17) is 9.47 Å². The van der Waals surface area contributed by atoms with Crippen molar-refractivity contribution in [2.45, 2.75) is 19.3 Å². The minimum atomic E-state index is -0.0255. The van der Waals surface area contributed by atoms with Crippen molar-refractivity contribution in [3.8, 4) is 0 Å². The normalized spacial score (nSPS) is 14.2. The lowest BCUT2D eigenvalue weighted by Gasteiger charge is -2.23. The highest BCUT2D eigenvalue weighted by Gasteiger charge is 2.22. The highest BCUT2D eigenvalue weighted by atomic mass is 16.5. The summed E-state index contributed by atoms with van der Waals surface area (Å²) in [5, 5.41) is 0. The second kappa shape index (κ2) is 9.39. The maximum absolute atomic E-state index is 12.7. The maximum atomic E-state index is 12.7. The fourth-order valence-electron chi connectivity index (χ4n) is 2.80. The Kier molecular flexibility index (Phi) is 7.21. The molecule has 0 N–H and O–H groups in total. The summed E-state index contributed by atoms with van der Waals surface area (Å²) in [5.74, 6) is 0.123. The van der Waals surface area contributed by atoms with Gasteiger partial charge in [-0.1, -0.05) is 0 Å². The molecule has 1 aromatic rings. The van der Waals surface area contributed by atoms with Crippen LogP contribution < -0.4 is 4.90 Å². The Morgan fingerprint density at radius 3 is 2.42 bits per heavy atom. The van der Waals surface area contributed by atoms with E-state index in [0.717, 1.165) is 25.1 Å². The molecule has 132 valence electrons. The minimum absolute atomic E-state index is 0.0255. The van der Waals surface area contributed by atoms with Crippen molar-refractivity contribution in [1.82, 2.24) is 4.90 Å². The highest BCUT2D eigenvalue weighted by Crippen LogP contribution is 2.22. The fourth-order valence-corrected chi connectivity index (χ4v) is 2.80. The highest BCUT2D eigenvalue weighted by molar-refractivity contribution is 5.97. The molecule has 1 fully saturated rings. The van der Waals surface area contributed by atoms with Crippen LogP contribution in [-0.4, -0.2) is 63.8 Å². The average molecular weight is 334 g/mol. The van der Waals surface area contributed by atoms with Gasteiger partial charge in [0.2, 0.25) is 5.91 Å². The molecule has 1 saturated heterocycles. The van der Waals surface area contributed by atoms with E-state index in [0.29, 0.717) is 38.3 Å². The number of hydrogen-bond donors (Lipinski definition) is 0. The first-order valence-electron chi connectivity index (χ1n) is 8.35. The molecule has 0 bridgehead atoms. The van der Waals surface area contributed by atoms with E-state index >= 15 is 0 Å². The van der Waals surface area contributed by atoms with E-state index in [-0.39, 0.29) is 11.8 Å². The van der Waals surface area contributed by atoms with E-state index in [1.54, 1.807) is 36.2 Å². The Bertz CT molecular complexity index is 544. The zero-order chi connectivity index (χ0) is 17.4. The number of benzene rings is 1. The maximum Gasteiger partial charge on any atom is 0.253 e. The summed E-state index contributed by atoms with van der Waals surface area (Å²) in [6.45, 7) is 3.04. The summed E-state index contributed by atoms with van der Waals surface area (Å²) in [4.78, 5) is 28.0. The summed E-state index contributed by atoms with van der Waals surface area (Å²) in [7, 11) is 3.28. The Morgan fingerprint density at radius 2 is 1.83 bits per heavy atom. The zero-order valence-electron chi connectivity index (χ0n) is 14.5. The van der Waals surface area contributed by atoms with Gasteiger partial charge in [0.15, 0.2) is 0 Å². The van der Waals surface area contributed by atoms with Crippen LogP contribution in [-0.2, 0) is 14.3 Å². The molecule has 1 aromatic carbocycles. The summed E-state index contributed by atoms with van der Waals surface area (Å²) >= 11 is 0. The Labute approximate surface area is 143 Å². The molecule has 0 spiro atoms. The SMILES string of the molecule is COCCCN(CCOC)C(=O)c1ccc(N2CCCC2=O)cc1. The first-order chi connectivity index (χ1) is 11.7. The number of carbonyl (C=O) groups excluding carboxylic acids is 2. The molecule has 2 amide bonds. The van der Waals surface area contributed by atoms with Crippen molar-refractivity contribution < 1.29 is 19.1 Å². The number of nitrogens with zero attached hydrogens (tertiary/aromatic N) is 2. The third kappa shape index (κ3) is 4.79. The van der Waals surface area contributed by atoms with Gasteiger partial charge in [0, 0.05) is 58.1 Å². The molecule has 6 heteroatoms. The average Bonchev–Trinajstić information content (AvgIpc) is 3.03. The van der Waals surface area contributed by atoms with Crippen LogP contribution >= 0.6 is 0 Å². The second-order valence-corrected chi connectivity index (χ2v) is 5.83. The second-order valence-electron chi connectivity index (χ2n) is 5.83. The molecule has 1 aliphatic heterocycles. The van der Waals surface area contributed by atoms with Gasteiger partial charge in [-0.15, -0.1) is 0 Å². The smallest absolute Gasteiger partial charge is 0.253 e. The molecule has 0 unspecified atom stereocenters. The molecular weight excluding hydrogens is 308 g/mol. The predicted octanol–water partition coefficient (Wildman–Crippen LogP) is 1.94. The molecule has 0 aliphatic carbocycles. The van der Waals surface area contributed by atoms with Gasteiger partial charge in [-0.05, 0) is 37.1 Å². The van der Waals surface area contributed by atoms with Crippen LogP contribution in [0.1, 0.15) is 29.6 Å². The number of amides is 2. The van der Waals surface area contributed by atoms with Gasteiger partial charge in [0.25, 0.3) is 5.91 Å². The third-order valence-electron chi connectivity index (χ3n) is 4.13. The van der Waals surface area contributed by atoms with Crippen LogP contribution in [0.25, 0.3) is 0 Å². The van der Waals surface area contributed by atoms with Crippen LogP contribution in [0, 0.1) is 0 Å². The lowest BCUT2D eigenvalue weighted by Crippen LogP contribution is -2.35. The van der Waals surface area contributed by atoms with E-state index < -0.39 is 0 Å². The molecule has 0 atom stereocenters. The van der Waals surface area contributed by atoms with Crippen LogP contribution in [0.3, 0.4) is 0 Å². The van der Waals surface area contributed by atoms with Crippen molar-refractivity contribution in [1.29, 1.82) is 0 Å². The Hall–Kier alpha value is -1.92. The number of rotatable bonds is 9. The summed E-state index contributed by atoms with van der Waals surface area (Å²) in [5.41, 5.74) is 1.48. The van der Waals surface area contributed by atoms with Gasteiger partial charge in [-0.25, -0.2) is 0 Å². The van der Waals surface area contributed by atoms with Crippen LogP contribution in [0.15, 0.2) is 24.3 Å². The predicted molar refractivity (Wildman–Crippen MR) is 92.3 cm³/mol. The number of methoxy groups -OCH3 is 2. The minimum Gasteiger partial charge on any atom is -0.385 e. The van der Waals surface area contributed by atoms with Crippen LogP contribution in [0.5, 0.6) is 0 Å². The fraction of sp³-hybridized carbons (Fsp3) is 0.556. The molecule has 24 heavy (non-hydrogen) atoms. The van der Waals surface area contributed by atoms with E-state index in [1.807, 2.05) is 12.1 Å². The van der Waals surface area contributed by atoms with Gasteiger partial charge in [0.05, 0.1) is 6.61 Å². The molecule has 0 radical (unpaired) electrons. The Balaban J connectivity index is 2.03. The van der Waals surface area contributed by atoms with Gasteiger partial charge >= 0.3 is 0 Å². The first-order valence-corrected chi connectivity index (χ1v) is 8.35. The summed E-state index contributed by atoms with van der Waals surface area (Å²) < 4.78 is 10.2. The number of ether oxygens (including phenoxy) is 2. The van der Waals surface area contributed by atoms with E-state index in [2.05, 4.69) is 0 Å². The number of anilines is 1. The summed E-state index contributed by atoms with van der Waals surface area (Å²) in [6.07, 6.45) is 2.28. The lowest BCUT2D eigenvalue weighted by molar-refractivity contribution is -0.117. The molecule has 0 aromatic heterocycles. The Morgan fingerprint density at radius 1 is 1.12 bits per heavy atom. The van der Waals surface area contributed by atoms with Crippen molar-refractivity contribution in [3.63, 3.8) is 0 Å². The molecule has 1 aliphatic rings. The van der Waals surface area contributed by atoms with Crippen molar-refractivity contribution in [2.75, 3.05) is 52.0 Å². The molecule has 6 nitrogen and oxygen atoms in total. The van der Waals surface area contributed by atoms with E-state index in [1.165, 1.54) is 0 Å². The number of hydrogen-bond acceptors (Lipinski definition) is 4. The standard InChI is InChI=1S/C18H26N2O4/c1-23-13-4-10-19(12-14-24-2)18(22)15-6-8-16(9-7-15)20-11-3-5-17(20)21/h6-9H,3-5,10-14H2,1-2H3. The quantitative estimate of drug-likeness (QED) is 0.648. The molecule has 2 rings (SSSR count). The van der Waals surface area contributed by atoms with Gasteiger partial charge < -0.3 is 19.3 Å². The molecular formula is C18H26N2O4. The zero-order valence-corrected chi connectivity index (χ0v) is 14.5. The van der Waals surface area contributed by atoms with Gasteiger partial charge in [0.1, 0.15) is 0 Å². The van der Waals surface area contributed by atoms with Gasteiger partial charge in [-0.2, -0.15) is 0 Å². The van der Waals surface area contributed by atoms with Crippen LogP contribution in [0.4, 0.5) is 5.69 Å². The third-order valence-corrected chi connectivity index (χ3v) is 4.13. The molecule has 0 saturated carbocycles. The number of carbonyl (C=O) groups is 2. The largest absolute Gasteiger partial charge is 0.385 e. The lowest BCUT2D eigenvalue weighted by atomic mass is 10.1. The van der Waals surface area contributed by atoms with Crippen molar-refractivity contribution >= 4 is 17.5 Å². The van der Waals surface area contributed by atoms with Crippen LogP contribution in [0.2, 0.25) is 0 Å². The van der Waals surface area contributed by atoms with E-state index in [9.17, 15) is 9.59 Å². The van der Waals surface area contributed by atoms with Crippen molar-refractivity contribution in [2.24, 2.45) is 0 Å². The first kappa shape index (κ1) is 18.4. The monoisotopic (exact) mass is 334 g/mol. The molecule has 1 heterocycles. The van der Waals surface area contributed by atoms with Gasteiger partial charge in [-0.3, -0.25) is 9.59 Å². The van der Waals surface area contributed by atoms with Crippen molar-refractivity contribution in [3.05, 3.63) is 29.8 Å². The summed E-state index contributed by atoms with van der Waals surface area (Å²) in [6, 6.07) is 7.28.